The number of hydrogen-bond donors (Lipinski definition) is 1. The average molecular weight is 192 g/mol. The van der Waals surface area contributed by atoms with Gasteiger partial charge in [-0.3, -0.25) is 0 Å². The molecule has 0 aliphatic heterocycles. The van der Waals surface area contributed by atoms with Crippen molar-refractivity contribution in [1.29, 1.82) is 0 Å². The van der Waals surface area contributed by atoms with Crippen LogP contribution in [0.4, 0.5) is 0 Å². The number of rotatable bonds is 3. The summed E-state index contributed by atoms with van der Waals surface area (Å²) in [4.78, 5) is 0. The van der Waals surface area contributed by atoms with Crippen molar-refractivity contribution >= 4 is 12.4 Å². The molecule has 0 spiro atoms. The summed E-state index contributed by atoms with van der Waals surface area (Å²) in [5.41, 5.74) is 5.71. The van der Waals surface area contributed by atoms with Gasteiger partial charge < -0.3 is 5.73 Å². The summed E-state index contributed by atoms with van der Waals surface area (Å²) in [5.74, 6) is 1.77. The maximum atomic E-state index is 5.71. The van der Waals surface area contributed by atoms with Crippen LogP contribution in [0.3, 0.4) is 0 Å². The summed E-state index contributed by atoms with van der Waals surface area (Å²) >= 11 is 0. The van der Waals surface area contributed by atoms with Crippen LogP contribution in [-0.4, -0.2) is 6.54 Å². The second-order valence-corrected chi connectivity index (χ2v) is 3.80. The Balaban J connectivity index is 0.00000121. The van der Waals surface area contributed by atoms with Crippen LogP contribution in [0.2, 0.25) is 0 Å². The van der Waals surface area contributed by atoms with Crippen molar-refractivity contribution in [3.05, 3.63) is 0 Å². The molecule has 0 saturated heterocycles. The lowest BCUT2D eigenvalue weighted by Gasteiger charge is -2.28. The quantitative estimate of drug-likeness (QED) is 0.730. The lowest BCUT2D eigenvalue weighted by molar-refractivity contribution is 0.247. The van der Waals surface area contributed by atoms with Crippen LogP contribution in [-0.2, 0) is 0 Å². The maximum Gasteiger partial charge on any atom is -0.00463 e. The largest absolute Gasteiger partial charge is 0.330 e. The van der Waals surface area contributed by atoms with E-state index in [9.17, 15) is 0 Å². The second-order valence-electron chi connectivity index (χ2n) is 3.80. The maximum absolute atomic E-state index is 5.71. The van der Waals surface area contributed by atoms with Crippen molar-refractivity contribution in [1.82, 2.24) is 0 Å². The van der Waals surface area contributed by atoms with Gasteiger partial charge in [0.25, 0.3) is 0 Å². The first-order chi connectivity index (χ1) is 5.38. The van der Waals surface area contributed by atoms with Crippen molar-refractivity contribution in [2.45, 2.75) is 45.4 Å². The first kappa shape index (κ1) is 12.2. The Kier molecular flexibility index (Phi) is 6.87. The van der Waals surface area contributed by atoms with Crippen molar-refractivity contribution < 1.29 is 0 Å². The summed E-state index contributed by atoms with van der Waals surface area (Å²) in [5, 5.41) is 0. The molecule has 1 fully saturated rings. The molecule has 1 atom stereocenters. The SMILES string of the molecule is CCC(CN)C1CCCCC1.Cl. The van der Waals surface area contributed by atoms with Crippen LogP contribution in [0.1, 0.15) is 45.4 Å². The van der Waals surface area contributed by atoms with E-state index in [2.05, 4.69) is 6.92 Å². The van der Waals surface area contributed by atoms with Gasteiger partial charge in [0.05, 0.1) is 0 Å². The van der Waals surface area contributed by atoms with E-state index in [1.807, 2.05) is 0 Å². The van der Waals surface area contributed by atoms with Gasteiger partial charge in [0.2, 0.25) is 0 Å². The highest BCUT2D eigenvalue weighted by Crippen LogP contribution is 2.30. The minimum Gasteiger partial charge on any atom is -0.330 e. The molecule has 0 heterocycles. The van der Waals surface area contributed by atoms with E-state index in [0.717, 1.165) is 18.4 Å². The Labute approximate surface area is 82.5 Å². The van der Waals surface area contributed by atoms with Gasteiger partial charge in [0, 0.05) is 0 Å². The van der Waals surface area contributed by atoms with Gasteiger partial charge in [-0.1, -0.05) is 45.4 Å². The Hall–Kier alpha value is 0.250. The molecule has 0 amide bonds. The molecule has 2 N–H and O–H groups in total. The fraction of sp³-hybridized carbons (Fsp3) is 1.00. The molecule has 1 saturated carbocycles. The van der Waals surface area contributed by atoms with Gasteiger partial charge in [-0.2, -0.15) is 0 Å². The molecule has 0 bridgehead atoms. The molecule has 74 valence electrons. The van der Waals surface area contributed by atoms with E-state index in [1.54, 1.807) is 0 Å². The Morgan fingerprint density at radius 3 is 2.25 bits per heavy atom. The summed E-state index contributed by atoms with van der Waals surface area (Å²) in [7, 11) is 0. The molecule has 1 nitrogen and oxygen atoms in total. The molecular weight excluding hydrogens is 170 g/mol. The fourth-order valence-corrected chi connectivity index (χ4v) is 2.30. The van der Waals surface area contributed by atoms with Crippen molar-refractivity contribution in [2.24, 2.45) is 17.6 Å². The third kappa shape index (κ3) is 3.32. The van der Waals surface area contributed by atoms with Crippen LogP contribution in [0.25, 0.3) is 0 Å². The van der Waals surface area contributed by atoms with E-state index in [4.69, 9.17) is 5.73 Å². The van der Waals surface area contributed by atoms with Crippen LogP contribution in [0.5, 0.6) is 0 Å². The van der Waals surface area contributed by atoms with Gasteiger partial charge in [-0.05, 0) is 18.4 Å². The summed E-state index contributed by atoms with van der Waals surface area (Å²) < 4.78 is 0. The topological polar surface area (TPSA) is 26.0 Å². The van der Waals surface area contributed by atoms with Crippen molar-refractivity contribution in [2.75, 3.05) is 6.54 Å². The number of halogens is 1. The molecule has 0 aromatic rings. The Morgan fingerprint density at radius 1 is 1.25 bits per heavy atom. The van der Waals surface area contributed by atoms with Gasteiger partial charge in [0.15, 0.2) is 0 Å². The fourth-order valence-electron chi connectivity index (χ4n) is 2.30. The van der Waals surface area contributed by atoms with E-state index >= 15 is 0 Å². The second kappa shape index (κ2) is 6.73. The van der Waals surface area contributed by atoms with Crippen LogP contribution >= 0.6 is 12.4 Å². The zero-order chi connectivity index (χ0) is 8.10. The van der Waals surface area contributed by atoms with Crippen molar-refractivity contribution in [3.8, 4) is 0 Å². The standard InChI is InChI=1S/C10H21N.ClH/c1-2-9(8-11)10-6-4-3-5-7-10;/h9-10H,2-8,11H2,1H3;1H. The highest BCUT2D eigenvalue weighted by molar-refractivity contribution is 5.85. The summed E-state index contributed by atoms with van der Waals surface area (Å²) in [6.45, 7) is 3.17. The van der Waals surface area contributed by atoms with Gasteiger partial charge in [0.1, 0.15) is 0 Å². The highest BCUT2D eigenvalue weighted by Gasteiger charge is 2.20. The highest BCUT2D eigenvalue weighted by atomic mass is 35.5. The van der Waals surface area contributed by atoms with Crippen LogP contribution < -0.4 is 5.73 Å². The molecule has 1 rings (SSSR count). The molecule has 1 aliphatic carbocycles. The predicted octanol–water partition coefficient (Wildman–Crippen LogP) is 2.97. The van der Waals surface area contributed by atoms with E-state index in [-0.39, 0.29) is 12.4 Å². The Bertz CT molecular complexity index is 96.0. The first-order valence-electron chi connectivity index (χ1n) is 5.08. The molecular formula is C10H22ClN. The molecule has 0 aromatic carbocycles. The molecule has 12 heavy (non-hydrogen) atoms. The third-order valence-corrected chi connectivity index (χ3v) is 3.14. The minimum atomic E-state index is 0. The van der Waals surface area contributed by atoms with E-state index in [1.165, 1.54) is 38.5 Å². The summed E-state index contributed by atoms with van der Waals surface area (Å²) in [6.07, 6.45) is 8.51. The average Bonchev–Trinajstić information content (AvgIpc) is 2.09. The normalized spacial score (nSPS) is 21.5. The third-order valence-electron chi connectivity index (χ3n) is 3.14. The zero-order valence-electron chi connectivity index (χ0n) is 8.09. The lowest BCUT2D eigenvalue weighted by atomic mass is 9.79. The summed E-state index contributed by atoms with van der Waals surface area (Å²) in [6, 6.07) is 0. The molecule has 1 aliphatic rings. The molecule has 1 unspecified atom stereocenters. The predicted molar refractivity (Wildman–Crippen MR) is 56.7 cm³/mol. The first-order valence-corrected chi connectivity index (χ1v) is 5.08. The van der Waals surface area contributed by atoms with E-state index in [0.29, 0.717) is 0 Å². The lowest BCUT2D eigenvalue weighted by Crippen LogP contribution is -2.24. The van der Waals surface area contributed by atoms with Crippen LogP contribution in [0.15, 0.2) is 0 Å². The molecule has 2 heteroatoms. The number of nitrogens with two attached hydrogens (primary N) is 1. The van der Waals surface area contributed by atoms with Gasteiger partial charge in [-0.25, -0.2) is 0 Å². The smallest absolute Gasteiger partial charge is 0.00463 e. The monoisotopic (exact) mass is 191 g/mol. The zero-order valence-corrected chi connectivity index (χ0v) is 8.91. The molecule has 0 aromatic heterocycles. The van der Waals surface area contributed by atoms with Gasteiger partial charge >= 0.3 is 0 Å². The number of hydrogen-bond acceptors (Lipinski definition) is 1. The van der Waals surface area contributed by atoms with Crippen molar-refractivity contribution in [3.63, 3.8) is 0 Å². The molecule has 0 radical (unpaired) electrons. The van der Waals surface area contributed by atoms with Crippen LogP contribution in [0, 0.1) is 11.8 Å². The van der Waals surface area contributed by atoms with E-state index < -0.39 is 0 Å². The van der Waals surface area contributed by atoms with Gasteiger partial charge in [-0.15, -0.1) is 12.4 Å². The Morgan fingerprint density at radius 2 is 1.83 bits per heavy atom. The minimum absolute atomic E-state index is 0.